The first-order chi connectivity index (χ1) is 10.9. The minimum Gasteiger partial charge on any atom is -0.386 e. The van der Waals surface area contributed by atoms with E-state index in [9.17, 15) is 14.7 Å². The zero-order valence-electron chi connectivity index (χ0n) is 12.9. The summed E-state index contributed by atoms with van der Waals surface area (Å²) >= 11 is 5.80. The standard InChI is InChI=1S/C16H18ClN3O3/c1-3-20-9-12(8-18-20)15(22)16(23)19-10(2)14(21)11-4-6-13(17)7-5-11/h4-10,14,21H,3H2,1-2H3,(H,19,23). The molecule has 2 atom stereocenters. The highest BCUT2D eigenvalue weighted by Crippen LogP contribution is 2.19. The molecule has 23 heavy (non-hydrogen) atoms. The summed E-state index contributed by atoms with van der Waals surface area (Å²) in [6.07, 6.45) is 1.93. The van der Waals surface area contributed by atoms with Crippen LogP contribution in [0.25, 0.3) is 0 Å². The lowest BCUT2D eigenvalue weighted by atomic mass is 10.0. The quantitative estimate of drug-likeness (QED) is 0.624. The van der Waals surface area contributed by atoms with Crippen molar-refractivity contribution >= 4 is 23.3 Å². The van der Waals surface area contributed by atoms with Crippen LogP contribution in [-0.2, 0) is 11.3 Å². The van der Waals surface area contributed by atoms with Crippen LogP contribution in [0.3, 0.4) is 0 Å². The number of carbonyl (C=O) groups excluding carboxylic acids is 2. The first kappa shape index (κ1) is 17.2. The van der Waals surface area contributed by atoms with Gasteiger partial charge in [0.15, 0.2) is 0 Å². The Bertz CT molecular complexity index is 697. The third kappa shape index (κ3) is 4.18. The van der Waals surface area contributed by atoms with Crippen LogP contribution in [0.5, 0.6) is 0 Å². The number of nitrogens with zero attached hydrogens (tertiary/aromatic N) is 2. The van der Waals surface area contributed by atoms with Crippen LogP contribution < -0.4 is 5.32 Å². The molecule has 6 nitrogen and oxygen atoms in total. The molecule has 2 N–H and O–H groups in total. The fraction of sp³-hybridized carbons (Fsp3) is 0.312. The number of aliphatic hydroxyl groups is 1. The Morgan fingerprint density at radius 2 is 2.00 bits per heavy atom. The van der Waals surface area contributed by atoms with E-state index in [1.165, 1.54) is 12.4 Å². The number of amides is 1. The fourth-order valence-corrected chi connectivity index (χ4v) is 2.21. The van der Waals surface area contributed by atoms with E-state index in [4.69, 9.17) is 11.6 Å². The van der Waals surface area contributed by atoms with Crippen molar-refractivity contribution in [1.82, 2.24) is 15.1 Å². The lowest BCUT2D eigenvalue weighted by Gasteiger charge is -2.20. The van der Waals surface area contributed by atoms with Crippen LogP contribution in [0.2, 0.25) is 5.02 Å². The molecule has 2 rings (SSSR count). The molecule has 1 aromatic carbocycles. The summed E-state index contributed by atoms with van der Waals surface area (Å²) in [7, 11) is 0. The molecule has 1 heterocycles. The number of rotatable bonds is 6. The number of Topliss-reactive ketones (excluding diaryl/α,β-unsaturated/α-hetero) is 1. The molecule has 7 heteroatoms. The zero-order chi connectivity index (χ0) is 17.0. The van der Waals surface area contributed by atoms with Gasteiger partial charge in [-0.2, -0.15) is 5.10 Å². The Balaban J connectivity index is 2.00. The Morgan fingerprint density at radius 1 is 1.35 bits per heavy atom. The van der Waals surface area contributed by atoms with E-state index in [1.54, 1.807) is 35.9 Å². The summed E-state index contributed by atoms with van der Waals surface area (Å²) < 4.78 is 1.56. The van der Waals surface area contributed by atoms with Crippen molar-refractivity contribution in [3.05, 3.63) is 52.8 Å². The molecule has 0 saturated carbocycles. The Labute approximate surface area is 139 Å². The number of aryl methyl sites for hydroxylation is 1. The molecular formula is C16H18ClN3O3. The summed E-state index contributed by atoms with van der Waals surface area (Å²) in [6.45, 7) is 4.12. The first-order valence-corrected chi connectivity index (χ1v) is 7.61. The van der Waals surface area contributed by atoms with Crippen LogP contribution in [0.4, 0.5) is 0 Å². The molecule has 0 bridgehead atoms. The van der Waals surface area contributed by atoms with E-state index in [0.29, 0.717) is 17.1 Å². The number of aromatic nitrogens is 2. The van der Waals surface area contributed by atoms with Gasteiger partial charge in [-0.1, -0.05) is 23.7 Å². The van der Waals surface area contributed by atoms with Gasteiger partial charge in [-0.15, -0.1) is 0 Å². The van der Waals surface area contributed by atoms with Gasteiger partial charge >= 0.3 is 0 Å². The molecule has 2 unspecified atom stereocenters. The highest BCUT2D eigenvalue weighted by atomic mass is 35.5. The van der Waals surface area contributed by atoms with Crippen LogP contribution in [0.15, 0.2) is 36.7 Å². The van der Waals surface area contributed by atoms with Gasteiger partial charge in [0, 0.05) is 17.8 Å². The molecule has 0 fully saturated rings. The highest BCUT2D eigenvalue weighted by Gasteiger charge is 2.23. The van der Waals surface area contributed by atoms with Gasteiger partial charge in [-0.05, 0) is 31.5 Å². The minimum atomic E-state index is -0.942. The number of aliphatic hydroxyl groups excluding tert-OH is 1. The molecule has 0 aliphatic rings. The molecule has 0 spiro atoms. The Kier molecular flexibility index (Phi) is 5.52. The van der Waals surface area contributed by atoms with E-state index in [1.807, 2.05) is 6.92 Å². The predicted octanol–water partition coefficient (Wildman–Crippen LogP) is 1.98. The number of nitrogens with one attached hydrogen (secondary N) is 1. The van der Waals surface area contributed by atoms with Crippen molar-refractivity contribution < 1.29 is 14.7 Å². The molecule has 1 aromatic heterocycles. The maximum Gasteiger partial charge on any atom is 0.292 e. The molecule has 0 aliphatic carbocycles. The molecule has 0 saturated heterocycles. The topological polar surface area (TPSA) is 84.2 Å². The molecule has 0 aliphatic heterocycles. The van der Waals surface area contributed by atoms with Gasteiger partial charge in [0.2, 0.25) is 0 Å². The molecule has 1 amide bonds. The van der Waals surface area contributed by atoms with E-state index in [2.05, 4.69) is 10.4 Å². The predicted molar refractivity (Wildman–Crippen MR) is 86.2 cm³/mol. The third-order valence-corrected chi connectivity index (χ3v) is 3.72. The van der Waals surface area contributed by atoms with Crippen LogP contribution in [0.1, 0.15) is 35.9 Å². The minimum absolute atomic E-state index is 0.220. The smallest absolute Gasteiger partial charge is 0.292 e. The maximum absolute atomic E-state index is 12.0. The normalized spacial score (nSPS) is 13.4. The van der Waals surface area contributed by atoms with Gasteiger partial charge in [-0.3, -0.25) is 14.3 Å². The SMILES string of the molecule is CCn1cc(C(=O)C(=O)NC(C)C(O)c2ccc(Cl)cc2)cn1. The van der Waals surface area contributed by atoms with Crippen molar-refractivity contribution in [2.75, 3.05) is 0 Å². The van der Waals surface area contributed by atoms with Gasteiger partial charge in [0.1, 0.15) is 0 Å². The van der Waals surface area contributed by atoms with Crippen LogP contribution >= 0.6 is 11.6 Å². The van der Waals surface area contributed by atoms with Crippen molar-refractivity contribution in [3.8, 4) is 0 Å². The third-order valence-electron chi connectivity index (χ3n) is 3.47. The van der Waals surface area contributed by atoms with E-state index in [0.717, 1.165) is 0 Å². The van der Waals surface area contributed by atoms with Gasteiger partial charge in [0.05, 0.1) is 23.9 Å². The lowest BCUT2D eigenvalue weighted by Crippen LogP contribution is -2.40. The van der Waals surface area contributed by atoms with Crippen molar-refractivity contribution in [1.29, 1.82) is 0 Å². The maximum atomic E-state index is 12.0. The van der Waals surface area contributed by atoms with Gasteiger partial charge in [-0.25, -0.2) is 0 Å². The number of benzene rings is 1. The van der Waals surface area contributed by atoms with E-state index >= 15 is 0 Å². The second kappa shape index (κ2) is 7.39. The second-order valence-electron chi connectivity index (χ2n) is 5.17. The number of hydrogen-bond donors (Lipinski definition) is 2. The van der Waals surface area contributed by atoms with E-state index < -0.39 is 23.8 Å². The number of halogens is 1. The van der Waals surface area contributed by atoms with Gasteiger partial charge < -0.3 is 10.4 Å². The van der Waals surface area contributed by atoms with E-state index in [-0.39, 0.29) is 5.56 Å². The van der Waals surface area contributed by atoms with Crippen molar-refractivity contribution in [3.63, 3.8) is 0 Å². The zero-order valence-corrected chi connectivity index (χ0v) is 13.6. The summed E-state index contributed by atoms with van der Waals surface area (Å²) in [5.41, 5.74) is 0.825. The Hall–Kier alpha value is -2.18. The van der Waals surface area contributed by atoms with Gasteiger partial charge in [0.25, 0.3) is 11.7 Å². The largest absolute Gasteiger partial charge is 0.386 e. The average molecular weight is 336 g/mol. The molecule has 122 valence electrons. The molecular weight excluding hydrogens is 318 g/mol. The number of hydrogen-bond acceptors (Lipinski definition) is 4. The highest BCUT2D eigenvalue weighted by molar-refractivity contribution is 6.42. The number of ketones is 1. The second-order valence-corrected chi connectivity index (χ2v) is 5.61. The van der Waals surface area contributed by atoms with Crippen molar-refractivity contribution in [2.45, 2.75) is 32.5 Å². The fourth-order valence-electron chi connectivity index (χ4n) is 2.08. The first-order valence-electron chi connectivity index (χ1n) is 7.23. The molecule has 0 radical (unpaired) electrons. The lowest BCUT2D eigenvalue weighted by molar-refractivity contribution is -0.118. The van der Waals surface area contributed by atoms with Crippen molar-refractivity contribution in [2.24, 2.45) is 0 Å². The van der Waals surface area contributed by atoms with Crippen LogP contribution in [-0.4, -0.2) is 32.6 Å². The summed E-state index contributed by atoms with van der Waals surface area (Å²) in [5.74, 6) is -1.46. The Morgan fingerprint density at radius 3 is 2.57 bits per heavy atom. The van der Waals surface area contributed by atoms with Crippen LogP contribution in [0, 0.1) is 0 Å². The number of carbonyl (C=O) groups is 2. The average Bonchev–Trinajstić information content (AvgIpc) is 3.03. The monoisotopic (exact) mass is 335 g/mol. The summed E-state index contributed by atoms with van der Waals surface area (Å²) in [5, 5.41) is 17.3. The molecule has 2 aromatic rings. The summed E-state index contributed by atoms with van der Waals surface area (Å²) in [6, 6.07) is 6.01. The summed E-state index contributed by atoms with van der Waals surface area (Å²) in [4.78, 5) is 24.1.